The molecule has 0 aliphatic carbocycles. The van der Waals surface area contributed by atoms with Gasteiger partial charge in [-0.1, -0.05) is 29.8 Å². The molecule has 0 saturated carbocycles. The lowest BCUT2D eigenvalue weighted by molar-refractivity contribution is -0.118. The number of benzene rings is 2. The number of rotatable bonds is 7. The zero-order valence-electron chi connectivity index (χ0n) is 12.7. The van der Waals surface area contributed by atoms with Crippen molar-refractivity contribution in [1.82, 2.24) is 0 Å². The van der Waals surface area contributed by atoms with E-state index in [1.165, 1.54) is 18.2 Å². The van der Waals surface area contributed by atoms with E-state index in [0.717, 1.165) is 0 Å². The first kappa shape index (κ1) is 17.7. The number of hydrogen-bond acceptors (Lipinski definition) is 3. The van der Waals surface area contributed by atoms with E-state index in [2.05, 4.69) is 5.32 Å². The van der Waals surface area contributed by atoms with E-state index in [1.54, 1.807) is 24.3 Å². The number of hydrogen-bond donors (Lipinski definition) is 2. The first-order valence-electron chi connectivity index (χ1n) is 7.20. The lowest BCUT2D eigenvalue weighted by atomic mass is 10.1. The van der Waals surface area contributed by atoms with Crippen molar-refractivity contribution >= 4 is 29.1 Å². The molecule has 0 aromatic heterocycles. The maximum absolute atomic E-state index is 13.7. The van der Waals surface area contributed by atoms with E-state index in [0.29, 0.717) is 11.4 Å². The van der Waals surface area contributed by atoms with Crippen LogP contribution in [0, 0.1) is 5.82 Å². The van der Waals surface area contributed by atoms with E-state index in [1.807, 2.05) is 0 Å². The van der Waals surface area contributed by atoms with Crippen molar-refractivity contribution in [2.24, 2.45) is 5.73 Å². The minimum absolute atomic E-state index is 0.0626. The summed E-state index contributed by atoms with van der Waals surface area (Å²) in [6.07, 6.45) is -0.145. The average Bonchev–Trinajstić information content (AvgIpc) is 2.52. The second-order valence-electron chi connectivity index (χ2n) is 4.99. The second kappa shape index (κ2) is 8.31. The standard InChI is InChI=1S/C17H16ClFN2O3/c18-12-4-3-5-13(19)11(12)10-17(23)21-14-6-1-2-7-15(14)24-9-8-16(20)22/h1-7H,8-10H2,(H2,20,22)(H,21,23). The minimum atomic E-state index is -0.538. The molecule has 0 bridgehead atoms. The Morgan fingerprint density at radius 2 is 1.92 bits per heavy atom. The summed E-state index contributed by atoms with van der Waals surface area (Å²) in [5.74, 6) is -1.06. The van der Waals surface area contributed by atoms with Crippen molar-refractivity contribution in [1.29, 1.82) is 0 Å². The molecule has 0 saturated heterocycles. The van der Waals surface area contributed by atoms with Crippen LogP contribution in [0.25, 0.3) is 0 Å². The predicted octanol–water partition coefficient (Wildman–Crippen LogP) is 2.91. The average molecular weight is 351 g/mol. The monoisotopic (exact) mass is 350 g/mol. The molecule has 0 radical (unpaired) electrons. The number of halogens is 2. The Hall–Kier alpha value is -2.60. The van der Waals surface area contributed by atoms with Crippen LogP contribution in [-0.2, 0) is 16.0 Å². The Bertz CT molecular complexity index is 732. The first-order valence-corrected chi connectivity index (χ1v) is 7.58. The van der Waals surface area contributed by atoms with Gasteiger partial charge in [-0.3, -0.25) is 9.59 Å². The molecule has 0 fully saturated rings. The Kier molecular flexibility index (Phi) is 6.14. The van der Waals surface area contributed by atoms with Crippen LogP contribution in [-0.4, -0.2) is 18.4 Å². The fourth-order valence-corrected chi connectivity index (χ4v) is 2.24. The van der Waals surface area contributed by atoms with Crippen molar-refractivity contribution in [3.8, 4) is 5.75 Å². The molecule has 126 valence electrons. The Labute approximate surface area is 143 Å². The van der Waals surface area contributed by atoms with Gasteiger partial charge < -0.3 is 15.8 Å². The van der Waals surface area contributed by atoms with Crippen molar-refractivity contribution in [2.45, 2.75) is 12.8 Å². The Morgan fingerprint density at radius 1 is 1.17 bits per heavy atom. The van der Waals surface area contributed by atoms with E-state index >= 15 is 0 Å². The zero-order chi connectivity index (χ0) is 17.5. The van der Waals surface area contributed by atoms with Crippen LogP contribution < -0.4 is 15.8 Å². The van der Waals surface area contributed by atoms with E-state index in [9.17, 15) is 14.0 Å². The third-order valence-corrected chi connectivity index (χ3v) is 3.52. The van der Waals surface area contributed by atoms with Crippen molar-refractivity contribution in [2.75, 3.05) is 11.9 Å². The van der Waals surface area contributed by atoms with Gasteiger partial charge in [-0.25, -0.2) is 4.39 Å². The number of carbonyl (C=O) groups excluding carboxylic acids is 2. The van der Waals surface area contributed by atoms with Gasteiger partial charge in [0, 0.05) is 10.6 Å². The summed E-state index contributed by atoms with van der Waals surface area (Å²) in [6, 6.07) is 11.0. The SMILES string of the molecule is NC(=O)CCOc1ccccc1NC(=O)Cc1c(F)cccc1Cl. The van der Waals surface area contributed by atoms with Crippen molar-refractivity contribution in [3.05, 3.63) is 58.9 Å². The van der Waals surface area contributed by atoms with Crippen LogP contribution in [0.1, 0.15) is 12.0 Å². The molecule has 2 rings (SSSR count). The van der Waals surface area contributed by atoms with E-state index in [4.69, 9.17) is 22.1 Å². The van der Waals surface area contributed by atoms with Gasteiger partial charge in [0.2, 0.25) is 11.8 Å². The highest BCUT2D eigenvalue weighted by molar-refractivity contribution is 6.31. The largest absolute Gasteiger partial charge is 0.491 e. The lowest BCUT2D eigenvalue weighted by Gasteiger charge is -2.12. The number of amides is 2. The summed E-state index contributed by atoms with van der Waals surface area (Å²) in [7, 11) is 0. The molecule has 2 aromatic carbocycles. The van der Waals surface area contributed by atoms with Crippen molar-refractivity contribution < 1.29 is 18.7 Å². The topological polar surface area (TPSA) is 81.4 Å². The number of primary amides is 1. The van der Waals surface area contributed by atoms with Gasteiger partial charge >= 0.3 is 0 Å². The second-order valence-corrected chi connectivity index (χ2v) is 5.39. The third-order valence-electron chi connectivity index (χ3n) is 3.17. The number of carbonyl (C=O) groups is 2. The minimum Gasteiger partial charge on any atom is -0.491 e. The van der Waals surface area contributed by atoms with E-state index in [-0.39, 0.29) is 30.0 Å². The molecular formula is C17H16ClFN2O3. The third kappa shape index (κ3) is 4.96. The zero-order valence-corrected chi connectivity index (χ0v) is 13.5. The molecule has 0 aliphatic heterocycles. The Morgan fingerprint density at radius 3 is 2.62 bits per heavy atom. The van der Waals surface area contributed by atoms with Gasteiger partial charge in [0.05, 0.1) is 25.1 Å². The highest BCUT2D eigenvalue weighted by Crippen LogP contribution is 2.25. The fourth-order valence-electron chi connectivity index (χ4n) is 2.01. The molecule has 0 heterocycles. The van der Waals surface area contributed by atoms with Crippen LogP contribution in [0.15, 0.2) is 42.5 Å². The molecule has 5 nitrogen and oxygen atoms in total. The van der Waals surface area contributed by atoms with Gasteiger partial charge in [0.1, 0.15) is 11.6 Å². The molecule has 0 aliphatic rings. The normalized spacial score (nSPS) is 10.2. The van der Waals surface area contributed by atoms with Crippen molar-refractivity contribution in [3.63, 3.8) is 0 Å². The summed E-state index contributed by atoms with van der Waals surface area (Å²) >= 11 is 5.92. The Balaban J connectivity index is 2.05. The maximum atomic E-state index is 13.7. The first-order chi connectivity index (χ1) is 11.5. The van der Waals surface area contributed by atoms with E-state index < -0.39 is 17.6 Å². The summed E-state index contributed by atoms with van der Waals surface area (Å²) in [4.78, 5) is 22.9. The number of anilines is 1. The summed E-state index contributed by atoms with van der Waals surface area (Å²) in [6.45, 7) is 0.0986. The number of ether oxygens (including phenoxy) is 1. The summed E-state index contributed by atoms with van der Waals surface area (Å²) in [5.41, 5.74) is 5.60. The molecule has 0 unspecified atom stereocenters. The fraction of sp³-hybridized carbons (Fsp3) is 0.176. The molecular weight excluding hydrogens is 335 g/mol. The van der Waals surface area contributed by atoms with Crippen LogP contribution in [0.4, 0.5) is 10.1 Å². The number of nitrogens with one attached hydrogen (secondary N) is 1. The maximum Gasteiger partial charge on any atom is 0.229 e. The molecule has 2 aromatic rings. The molecule has 3 N–H and O–H groups in total. The molecule has 0 spiro atoms. The van der Waals surface area contributed by atoms with Gasteiger partial charge in [-0.15, -0.1) is 0 Å². The summed E-state index contributed by atoms with van der Waals surface area (Å²) < 4.78 is 19.2. The lowest BCUT2D eigenvalue weighted by Crippen LogP contribution is -2.17. The summed E-state index contributed by atoms with van der Waals surface area (Å²) in [5, 5.41) is 2.84. The van der Waals surface area contributed by atoms with Gasteiger partial charge in [0.25, 0.3) is 0 Å². The van der Waals surface area contributed by atoms with Crippen LogP contribution in [0.5, 0.6) is 5.75 Å². The van der Waals surface area contributed by atoms with Crippen LogP contribution in [0.2, 0.25) is 5.02 Å². The molecule has 24 heavy (non-hydrogen) atoms. The highest BCUT2D eigenvalue weighted by atomic mass is 35.5. The predicted molar refractivity (Wildman–Crippen MR) is 89.5 cm³/mol. The number of nitrogens with two attached hydrogens (primary N) is 1. The molecule has 2 amide bonds. The smallest absolute Gasteiger partial charge is 0.229 e. The molecule has 0 atom stereocenters. The van der Waals surface area contributed by atoms with Crippen LogP contribution in [0.3, 0.4) is 0 Å². The van der Waals surface area contributed by atoms with Crippen LogP contribution >= 0.6 is 11.6 Å². The highest BCUT2D eigenvalue weighted by Gasteiger charge is 2.13. The van der Waals surface area contributed by atoms with Gasteiger partial charge in [-0.05, 0) is 24.3 Å². The quantitative estimate of drug-likeness (QED) is 0.805. The van der Waals surface area contributed by atoms with Gasteiger partial charge in [0.15, 0.2) is 0 Å². The van der Waals surface area contributed by atoms with Gasteiger partial charge in [-0.2, -0.15) is 0 Å². The molecule has 7 heteroatoms. The number of para-hydroxylation sites is 2.